The molecule has 0 aliphatic rings. The number of anilines is 1. The molecule has 6 heteroatoms. The number of halogens is 1. The van der Waals surface area contributed by atoms with Crippen LogP contribution in [0, 0.1) is 26.2 Å². The normalized spacial score (nSPS) is 10.4. The molecule has 142 valence electrons. The van der Waals surface area contributed by atoms with E-state index in [1.54, 1.807) is 19.2 Å². The van der Waals surface area contributed by atoms with E-state index in [1.165, 1.54) is 16.7 Å². The number of aliphatic imine (C=N–C) groups is 1. The van der Waals surface area contributed by atoms with Gasteiger partial charge in [0.1, 0.15) is 0 Å². The number of hydrogen-bond acceptors (Lipinski definition) is 2. The molecule has 27 heavy (non-hydrogen) atoms. The molecule has 0 spiro atoms. The maximum Gasteiger partial charge on any atom is 0.243 e. The van der Waals surface area contributed by atoms with Gasteiger partial charge in [-0.25, -0.2) is 0 Å². The first-order valence-electron chi connectivity index (χ1n) is 8.39. The molecule has 3 N–H and O–H groups in total. The maximum atomic E-state index is 12.1. The maximum absolute atomic E-state index is 12.1. The second-order valence-electron chi connectivity index (χ2n) is 5.98. The second-order valence-corrected chi connectivity index (χ2v) is 5.98. The van der Waals surface area contributed by atoms with Gasteiger partial charge in [-0.05, 0) is 43.2 Å². The van der Waals surface area contributed by atoms with E-state index in [0.29, 0.717) is 18.2 Å². The van der Waals surface area contributed by atoms with E-state index < -0.39 is 0 Å². The number of rotatable bonds is 5. The minimum Gasteiger partial charge on any atom is -0.352 e. The van der Waals surface area contributed by atoms with Crippen LogP contribution in [0.2, 0.25) is 0 Å². The summed E-state index contributed by atoms with van der Waals surface area (Å²) in [7, 11) is 1.67. The SMILES string of the molecule is C#Cc1cccc(NC(=O)CNC(=NC)NCc2ccc(C)cc2C)c1.I. The molecular formula is C21H25IN4O. The molecule has 0 aliphatic carbocycles. The lowest BCUT2D eigenvalue weighted by Gasteiger charge is -2.13. The zero-order chi connectivity index (χ0) is 18.9. The van der Waals surface area contributed by atoms with E-state index in [4.69, 9.17) is 6.42 Å². The van der Waals surface area contributed by atoms with Crippen LogP contribution in [0.4, 0.5) is 5.69 Å². The smallest absolute Gasteiger partial charge is 0.243 e. The predicted molar refractivity (Wildman–Crippen MR) is 123 cm³/mol. The summed E-state index contributed by atoms with van der Waals surface area (Å²) in [5.74, 6) is 2.94. The minimum atomic E-state index is -0.173. The number of guanidine groups is 1. The highest BCUT2D eigenvalue weighted by Gasteiger charge is 2.06. The number of hydrogen-bond donors (Lipinski definition) is 3. The first-order valence-corrected chi connectivity index (χ1v) is 8.39. The number of nitrogens with one attached hydrogen (secondary N) is 3. The van der Waals surface area contributed by atoms with Crippen LogP contribution >= 0.6 is 24.0 Å². The Morgan fingerprint density at radius 3 is 2.59 bits per heavy atom. The van der Waals surface area contributed by atoms with E-state index >= 15 is 0 Å². The van der Waals surface area contributed by atoms with Gasteiger partial charge in [-0.1, -0.05) is 35.7 Å². The molecule has 2 aromatic rings. The van der Waals surface area contributed by atoms with E-state index in [9.17, 15) is 4.79 Å². The van der Waals surface area contributed by atoms with Gasteiger partial charge in [0.15, 0.2) is 5.96 Å². The summed E-state index contributed by atoms with van der Waals surface area (Å²) in [6.07, 6.45) is 5.37. The van der Waals surface area contributed by atoms with Gasteiger partial charge in [0.05, 0.1) is 6.54 Å². The van der Waals surface area contributed by atoms with Crippen molar-refractivity contribution in [2.45, 2.75) is 20.4 Å². The summed E-state index contributed by atoms with van der Waals surface area (Å²) in [4.78, 5) is 16.2. The van der Waals surface area contributed by atoms with Crippen LogP contribution in [-0.4, -0.2) is 25.5 Å². The highest BCUT2D eigenvalue weighted by atomic mass is 127. The van der Waals surface area contributed by atoms with E-state index in [2.05, 4.69) is 58.9 Å². The fourth-order valence-electron chi connectivity index (χ4n) is 2.50. The number of nitrogens with zero attached hydrogens (tertiary/aromatic N) is 1. The number of benzene rings is 2. The van der Waals surface area contributed by atoms with Crippen molar-refractivity contribution in [3.05, 3.63) is 64.7 Å². The molecule has 1 amide bonds. The molecule has 0 atom stereocenters. The minimum absolute atomic E-state index is 0. The Kier molecular flexibility index (Phi) is 9.37. The van der Waals surface area contributed by atoms with Crippen molar-refractivity contribution in [2.75, 3.05) is 18.9 Å². The Balaban J connectivity index is 0.00000364. The van der Waals surface area contributed by atoms with Crippen LogP contribution in [0.5, 0.6) is 0 Å². The second kappa shape index (κ2) is 11.2. The van der Waals surface area contributed by atoms with Gasteiger partial charge in [0.2, 0.25) is 5.91 Å². The molecule has 5 nitrogen and oxygen atoms in total. The fraction of sp³-hybridized carbons (Fsp3) is 0.238. The average Bonchev–Trinajstić information content (AvgIpc) is 2.63. The van der Waals surface area contributed by atoms with E-state index in [1.807, 2.05) is 12.1 Å². The number of carbonyl (C=O) groups is 1. The summed E-state index contributed by atoms with van der Waals surface area (Å²) >= 11 is 0. The Hall–Kier alpha value is -2.53. The Labute approximate surface area is 178 Å². The zero-order valence-electron chi connectivity index (χ0n) is 15.8. The van der Waals surface area contributed by atoms with Gasteiger partial charge in [-0.2, -0.15) is 0 Å². The van der Waals surface area contributed by atoms with Gasteiger partial charge in [0, 0.05) is 24.8 Å². The van der Waals surface area contributed by atoms with Crippen molar-refractivity contribution < 1.29 is 4.79 Å². The number of aryl methyl sites for hydroxylation is 2. The van der Waals surface area contributed by atoms with Crippen LogP contribution < -0.4 is 16.0 Å². The molecule has 0 saturated heterocycles. The molecule has 0 aromatic heterocycles. The average molecular weight is 476 g/mol. The molecular weight excluding hydrogens is 451 g/mol. The fourth-order valence-corrected chi connectivity index (χ4v) is 2.50. The predicted octanol–water partition coefficient (Wildman–Crippen LogP) is 3.21. The van der Waals surface area contributed by atoms with Gasteiger partial charge < -0.3 is 16.0 Å². The summed E-state index contributed by atoms with van der Waals surface area (Å²) in [6.45, 7) is 4.89. The van der Waals surface area contributed by atoms with Crippen LogP contribution in [0.15, 0.2) is 47.5 Å². The highest BCUT2D eigenvalue weighted by molar-refractivity contribution is 14.0. The van der Waals surface area contributed by atoms with Gasteiger partial charge in [-0.3, -0.25) is 9.79 Å². The van der Waals surface area contributed by atoms with Crippen molar-refractivity contribution in [1.82, 2.24) is 10.6 Å². The third kappa shape index (κ3) is 7.31. The summed E-state index contributed by atoms with van der Waals surface area (Å²) < 4.78 is 0. The largest absolute Gasteiger partial charge is 0.352 e. The first kappa shape index (κ1) is 22.5. The monoisotopic (exact) mass is 476 g/mol. The molecule has 2 aromatic carbocycles. The van der Waals surface area contributed by atoms with Gasteiger partial charge in [-0.15, -0.1) is 30.4 Å². The van der Waals surface area contributed by atoms with E-state index in [-0.39, 0.29) is 36.4 Å². The Bertz CT molecular complexity index is 856. The van der Waals surface area contributed by atoms with Crippen LogP contribution in [0.3, 0.4) is 0 Å². The number of amides is 1. The van der Waals surface area contributed by atoms with Gasteiger partial charge in [0.25, 0.3) is 0 Å². The summed E-state index contributed by atoms with van der Waals surface area (Å²) in [5, 5.41) is 9.03. The summed E-state index contributed by atoms with van der Waals surface area (Å²) in [6, 6.07) is 13.5. The lowest BCUT2D eigenvalue weighted by molar-refractivity contribution is -0.115. The molecule has 0 fully saturated rings. The molecule has 2 rings (SSSR count). The van der Waals surface area contributed by atoms with Crippen molar-refractivity contribution in [2.24, 2.45) is 4.99 Å². The molecule has 0 heterocycles. The molecule has 0 bridgehead atoms. The van der Waals surface area contributed by atoms with Crippen molar-refractivity contribution in [3.8, 4) is 12.3 Å². The highest BCUT2D eigenvalue weighted by Crippen LogP contribution is 2.10. The zero-order valence-corrected chi connectivity index (χ0v) is 18.1. The third-order valence-electron chi connectivity index (χ3n) is 3.90. The molecule has 0 unspecified atom stereocenters. The Morgan fingerprint density at radius 1 is 1.15 bits per heavy atom. The number of carbonyl (C=O) groups excluding carboxylic acids is 1. The summed E-state index contributed by atoms with van der Waals surface area (Å²) in [5.41, 5.74) is 5.04. The van der Waals surface area contributed by atoms with Crippen LogP contribution in [0.25, 0.3) is 0 Å². The Morgan fingerprint density at radius 2 is 1.93 bits per heavy atom. The third-order valence-corrected chi connectivity index (χ3v) is 3.90. The quantitative estimate of drug-likeness (QED) is 0.269. The topological polar surface area (TPSA) is 65.5 Å². The van der Waals surface area contributed by atoms with Crippen LogP contribution in [-0.2, 0) is 11.3 Å². The lowest BCUT2D eigenvalue weighted by atomic mass is 10.1. The van der Waals surface area contributed by atoms with Crippen LogP contribution in [0.1, 0.15) is 22.3 Å². The lowest BCUT2D eigenvalue weighted by Crippen LogP contribution is -2.41. The molecule has 0 radical (unpaired) electrons. The first-order chi connectivity index (χ1) is 12.5. The molecule has 0 saturated carbocycles. The number of terminal acetylenes is 1. The van der Waals surface area contributed by atoms with Gasteiger partial charge >= 0.3 is 0 Å². The molecule has 0 aliphatic heterocycles. The van der Waals surface area contributed by atoms with Crippen molar-refractivity contribution in [3.63, 3.8) is 0 Å². The van der Waals surface area contributed by atoms with Crippen molar-refractivity contribution in [1.29, 1.82) is 0 Å². The standard InChI is InChI=1S/C21H24N4O.HI/c1-5-17-7-6-8-19(12-17)25-20(26)14-24-21(22-4)23-13-18-10-9-15(2)11-16(18)3;/h1,6-12H,13-14H2,2-4H3,(H,25,26)(H2,22,23,24);1H. The van der Waals surface area contributed by atoms with Crippen molar-refractivity contribution >= 4 is 41.5 Å². The van der Waals surface area contributed by atoms with E-state index in [0.717, 1.165) is 5.56 Å².